The van der Waals surface area contributed by atoms with Crippen molar-refractivity contribution in [3.05, 3.63) is 113 Å². The zero-order valence-corrected chi connectivity index (χ0v) is 29.1. The van der Waals surface area contributed by atoms with E-state index in [9.17, 15) is 14.7 Å². The summed E-state index contributed by atoms with van der Waals surface area (Å²) in [4.78, 5) is 30.2. The number of hydrogen-bond donors (Lipinski definition) is 1. The van der Waals surface area contributed by atoms with Crippen molar-refractivity contribution >= 4 is 58.6 Å². The molecule has 2 aliphatic rings. The monoisotopic (exact) mass is 698 g/mol. The van der Waals surface area contributed by atoms with Gasteiger partial charge in [0, 0.05) is 33.9 Å². The summed E-state index contributed by atoms with van der Waals surface area (Å²) in [5, 5.41) is 11.4. The van der Waals surface area contributed by atoms with Gasteiger partial charge in [-0.15, -0.1) is 0 Å². The van der Waals surface area contributed by atoms with Gasteiger partial charge in [-0.25, -0.2) is 0 Å². The number of anilines is 3. The van der Waals surface area contributed by atoms with Crippen molar-refractivity contribution in [2.75, 3.05) is 23.5 Å². The Labute approximate surface area is 279 Å². The summed E-state index contributed by atoms with van der Waals surface area (Å²) in [7, 11) is -0.592. The molecule has 4 aromatic carbocycles. The number of hydrogen-bond acceptors (Lipinski definition) is 5. The van der Waals surface area contributed by atoms with Gasteiger partial charge in [0.2, 0.25) is 6.41 Å². The fraction of sp³-hybridized carbons (Fsp3) is 0.297. The Balaban J connectivity index is 1.35. The number of para-hydroxylation sites is 1. The van der Waals surface area contributed by atoms with Crippen LogP contribution in [0, 0.1) is 5.92 Å². The van der Waals surface area contributed by atoms with Crippen LogP contribution in [0.3, 0.4) is 0 Å². The van der Waals surface area contributed by atoms with Gasteiger partial charge >= 0.3 is 0 Å². The second kappa shape index (κ2) is 12.8. The first-order valence-corrected chi connectivity index (χ1v) is 19.5. The van der Waals surface area contributed by atoms with E-state index in [1.54, 1.807) is 12.0 Å². The molecule has 46 heavy (non-hydrogen) atoms. The number of aliphatic hydroxyl groups is 1. The molecule has 4 aromatic rings. The lowest BCUT2D eigenvalue weighted by atomic mass is 9.82. The second-order valence-corrected chi connectivity index (χ2v) is 18.3. The molecule has 0 unspecified atom stereocenters. The van der Waals surface area contributed by atoms with Crippen LogP contribution in [0.4, 0.5) is 17.1 Å². The summed E-state index contributed by atoms with van der Waals surface area (Å²) >= 11 is 3.66. The second-order valence-electron chi connectivity index (χ2n) is 12.7. The third kappa shape index (κ3) is 5.39. The highest BCUT2D eigenvalue weighted by molar-refractivity contribution is 9.10. The molecule has 1 N–H and O–H groups in total. The number of aliphatic hydroxyl groups excluding tert-OH is 1. The van der Waals surface area contributed by atoms with Crippen LogP contribution in [-0.2, 0) is 26.5 Å². The molecule has 9 heteroatoms. The van der Waals surface area contributed by atoms with Crippen molar-refractivity contribution in [2.24, 2.45) is 5.92 Å². The number of carbonyl (C=O) groups excluding carboxylic acids is 2. The number of halogens is 1. The highest BCUT2D eigenvalue weighted by Crippen LogP contribution is 2.60. The highest BCUT2D eigenvalue weighted by atomic mass is 79.9. The Hall–Kier alpha value is -3.76. The average molecular weight is 700 g/mol. The number of methoxy groups -OCH3 is 1. The largest absolute Gasteiger partial charge is 0.497 e. The van der Waals surface area contributed by atoms with Gasteiger partial charge in [-0.1, -0.05) is 83.6 Å². The quantitative estimate of drug-likeness (QED) is 0.144. The summed E-state index contributed by atoms with van der Waals surface area (Å²) in [6, 6.07) is 31.4. The van der Waals surface area contributed by atoms with Gasteiger partial charge in [-0.2, -0.15) is 0 Å². The summed E-state index contributed by atoms with van der Waals surface area (Å²) in [5.41, 5.74) is 3.03. The van der Waals surface area contributed by atoms with Crippen LogP contribution >= 0.6 is 15.9 Å². The predicted molar refractivity (Wildman–Crippen MR) is 188 cm³/mol. The van der Waals surface area contributed by atoms with E-state index in [0.717, 1.165) is 44.8 Å². The molecular formula is C37H39BrN2O5Si. The lowest BCUT2D eigenvalue weighted by molar-refractivity contribution is -0.146. The van der Waals surface area contributed by atoms with Crippen LogP contribution in [0.25, 0.3) is 0 Å². The molecule has 2 heterocycles. The number of benzene rings is 4. The molecule has 6 rings (SSSR count). The van der Waals surface area contributed by atoms with E-state index in [0.29, 0.717) is 13.0 Å². The number of carbonyl (C=O) groups is 2. The van der Waals surface area contributed by atoms with E-state index in [-0.39, 0.29) is 30.1 Å². The molecule has 238 valence electrons. The lowest BCUT2D eigenvalue weighted by Gasteiger charge is -2.37. The first-order valence-electron chi connectivity index (χ1n) is 15.6. The topological polar surface area (TPSA) is 79.3 Å². The fourth-order valence-electron chi connectivity index (χ4n) is 7.64. The minimum Gasteiger partial charge on any atom is -0.497 e. The van der Waals surface area contributed by atoms with Crippen molar-refractivity contribution in [3.63, 3.8) is 0 Å². The third-order valence-electron chi connectivity index (χ3n) is 9.91. The van der Waals surface area contributed by atoms with Gasteiger partial charge in [0.1, 0.15) is 5.75 Å². The minimum absolute atomic E-state index is 0.0204. The normalized spacial score (nSPS) is 22.3. The summed E-state index contributed by atoms with van der Waals surface area (Å²) in [6.07, 6.45) is 0.975. The molecule has 4 atom stereocenters. The smallest absolute Gasteiger partial charge is 0.264 e. The number of ether oxygens (including phenoxy) is 2. The molecule has 1 spiro atoms. The van der Waals surface area contributed by atoms with Crippen molar-refractivity contribution in [1.82, 2.24) is 0 Å². The SMILES string of the molecule is COc1ccc([Si](C)(C)[C@@H]2[C@@H](CCO)O[C@]3(C(=O)N(Cc4ccc(N(C=O)c5ccccc5)cc4)c4ccc(Br)cc43)[C@H]2C)cc1. The number of nitrogens with zero attached hydrogens (tertiary/aromatic N) is 2. The Morgan fingerprint density at radius 2 is 1.67 bits per heavy atom. The van der Waals surface area contributed by atoms with Crippen molar-refractivity contribution in [1.29, 1.82) is 0 Å². The standard InChI is InChI=1S/C37H39BrN2O5Si/c1-25-35(46(3,4)31-17-15-30(44-2)16-18-31)34(20-21-41)45-37(25)32-22-27(38)12-19-33(32)39(36(37)43)23-26-10-13-29(14-11-26)40(24-42)28-8-6-5-7-9-28/h5-19,22,24-25,34-35,41H,20-21,23H2,1-4H3/t25-,34+,35-,37+/m0/s1. The van der Waals surface area contributed by atoms with Gasteiger partial charge in [-0.05, 0) is 72.1 Å². The van der Waals surface area contributed by atoms with Crippen LogP contribution in [0.1, 0.15) is 24.5 Å². The van der Waals surface area contributed by atoms with Crippen LogP contribution in [0.5, 0.6) is 5.75 Å². The van der Waals surface area contributed by atoms with Crippen molar-refractivity contribution in [3.8, 4) is 5.75 Å². The number of amides is 2. The van der Waals surface area contributed by atoms with E-state index in [1.165, 1.54) is 5.19 Å². The maximum atomic E-state index is 14.8. The van der Waals surface area contributed by atoms with E-state index >= 15 is 0 Å². The van der Waals surface area contributed by atoms with Gasteiger partial charge in [0.05, 0.1) is 33.5 Å². The molecule has 0 aliphatic carbocycles. The molecule has 1 saturated heterocycles. The zero-order valence-electron chi connectivity index (χ0n) is 26.5. The molecule has 0 aromatic heterocycles. The Morgan fingerprint density at radius 3 is 2.30 bits per heavy atom. The molecule has 1 fully saturated rings. The third-order valence-corrected chi connectivity index (χ3v) is 14.8. The highest BCUT2D eigenvalue weighted by Gasteiger charge is 2.66. The fourth-order valence-corrected chi connectivity index (χ4v) is 12.1. The Morgan fingerprint density at radius 1 is 1.00 bits per heavy atom. The molecular weight excluding hydrogens is 660 g/mol. The van der Waals surface area contributed by atoms with Gasteiger partial charge < -0.3 is 19.5 Å². The van der Waals surface area contributed by atoms with Crippen LogP contribution < -0.4 is 19.7 Å². The molecule has 0 radical (unpaired) electrons. The van der Waals surface area contributed by atoms with Gasteiger partial charge in [0.15, 0.2) is 5.60 Å². The summed E-state index contributed by atoms with van der Waals surface area (Å²) < 4.78 is 13.3. The van der Waals surface area contributed by atoms with Crippen LogP contribution in [0.15, 0.2) is 102 Å². The maximum absolute atomic E-state index is 14.8. The average Bonchev–Trinajstić information content (AvgIpc) is 3.49. The van der Waals surface area contributed by atoms with E-state index in [2.05, 4.69) is 48.1 Å². The first kappa shape index (κ1) is 32.2. The van der Waals surface area contributed by atoms with Crippen molar-refractivity contribution < 1.29 is 24.2 Å². The van der Waals surface area contributed by atoms with E-state index < -0.39 is 13.7 Å². The van der Waals surface area contributed by atoms with Crippen LogP contribution in [0.2, 0.25) is 18.6 Å². The van der Waals surface area contributed by atoms with Gasteiger partial charge in [0.25, 0.3) is 5.91 Å². The maximum Gasteiger partial charge on any atom is 0.264 e. The molecule has 2 amide bonds. The molecule has 2 aliphatic heterocycles. The van der Waals surface area contributed by atoms with Crippen LogP contribution in [-0.4, -0.2) is 45.3 Å². The predicted octanol–water partition coefficient (Wildman–Crippen LogP) is 6.90. The Bertz CT molecular complexity index is 1720. The number of fused-ring (bicyclic) bond motifs is 2. The summed E-state index contributed by atoms with van der Waals surface area (Å²) in [6.45, 7) is 7.15. The zero-order chi connectivity index (χ0) is 32.6. The van der Waals surface area contributed by atoms with E-state index in [4.69, 9.17) is 9.47 Å². The summed E-state index contributed by atoms with van der Waals surface area (Å²) in [5.74, 6) is 0.578. The van der Waals surface area contributed by atoms with Gasteiger partial charge in [-0.3, -0.25) is 14.5 Å². The Kier molecular flexibility index (Phi) is 8.95. The first-order chi connectivity index (χ1) is 22.1. The molecule has 7 nitrogen and oxygen atoms in total. The van der Waals surface area contributed by atoms with Crippen molar-refractivity contribution in [2.45, 2.75) is 50.2 Å². The van der Waals surface area contributed by atoms with E-state index in [1.807, 2.05) is 89.8 Å². The lowest BCUT2D eigenvalue weighted by Crippen LogP contribution is -2.51. The molecule has 0 bridgehead atoms. The minimum atomic E-state index is -2.26. The molecule has 0 saturated carbocycles. The number of rotatable bonds is 10.